The minimum absolute atomic E-state index is 0.158. The molecule has 1 amide bonds. The minimum atomic E-state index is -3.82. The Morgan fingerprint density at radius 3 is 2.19 bits per heavy atom. The van der Waals surface area contributed by atoms with Crippen LogP contribution in [0.3, 0.4) is 0 Å². The fraction of sp³-hybridized carbons (Fsp3) is 0.188. The average molecular weight is 301 g/mol. The van der Waals surface area contributed by atoms with E-state index in [1.807, 2.05) is 0 Å². The lowest BCUT2D eigenvalue weighted by molar-refractivity contribution is -0.119. The number of nitrogens with zero attached hydrogens (tertiary/aromatic N) is 1. The van der Waals surface area contributed by atoms with Gasteiger partial charge in [0.15, 0.2) is 14.6 Å². The van der Waals surface area contributed by atoms with Gasteiger partial charge in [0.2, 0.25) is 0 Å². The second-order valence-electron chi connectivity index (χ2n) is 5.23. The Hall–Kier alpha value is -2.14. The SMILES string of the molecule is CN1C(=O)C(C)(S(=O)(=O)c2ccccc2)c2ccccc21. The maximum atomic E-state index is 13.0. The summed E-state index contributed by atoms with van der Waals surface area (Å²) in [4.78, 5) is 14.2. The summed E-state index contributed by atoms with van der Waals surface area (Å²) >= 11 is 0. The Labute approximate surface area is 123 Å². The fourth-order valence-corrected chi connectivity index (χ4v) is 4.62. The van der Waals surface area contributed by atoms with Crippen molar-refractivity contribution in [3.63, 3.8) is 0 Å². The summed E-state index contributed by atoms with van der Waals surface area (Å²) in [6, 6.07) is 15.1. The van der Waals surface area contributed by atoms with Crippen LogP contribution in [0, 0.1) is 0 Å². The van der Waals surface area contributed by atoms with E-state index in [-0.39, 0.29) is 4.90 Å². The average Bonchev–Trinajstić information content (AvgIpc) is 2.72. The summed E-state index contributed by atoms with van der Waals surface area (Å²) < 4.78 is 24.5. The van der Waals surface area contributed by atoms with E-state index in [2.05, 4.69) is 0 Å². The van der Waals surface area contributed by atoms with Gasteiger partial charge in [-0.3, -0.25) is 4.79 Å². The molecule has 21 heavy (non-hydrogen) atoms. The first kappa shape index (κ1) is 13.8. The van der Waals surface area contributed by atoms with Gasteiger partial charge in [0, 0.05) is 18.3 Å². The van der Waals surface area contributed by atoms with Gasteiger partial charge >= 0.3 is 0 Å². The molecular formula is C16H15NO3S. The largest absolute Gasteiger partial charge is 0.313 e. The highest BCUT2D eigenvalue weighted by Gasteiger charge is 2.55. The summed E-state index contributed by atoms with van der Waals surface area (Å²) in [5, 5.41) is 0. The zero-order valence-electron chi connectivity index (χ0n) is 11.8. The predicted octanol–water partition coefficient (Wildman–Crippen LogP) is 2.35. The number of hydrogen-bond donors (Lipinski definition) is 0. The summed E-state index contributed by atoms with van der Waals surface area (Å²) in [6.45, 7) is 1.49. The van der Waals surface area contributed by atoms with Crippen LogP contribution in [0.5, 0.6) is 0 Å². The number of carbonyl (C=O) groups is 1. The highest BCUT2D eigenvalue weighted by Crippen LogP contribution is 2.46. The summed E-state index contributed by atoms with van der Waals surface area (Å²) in [7, 11) is -2.22. The van der Waals surface area contributed by atoms with Crippen molar-refractivity contribution < 1.29 is 13.2 Å². The monoisotopic (exact) mass is 301 g/mol. The second-order valence-corrected chi connectivity index (χ2v) is 7.53. The third-order valence-electron chi connectivity index (χ3n) is 4.08. The Bertz CT molecular complexity index is 814. The van der Waals surface area contributed by atoms with Gasteiger partial charge in [0.1, 0.15) is 0 Å². The van der Waals surface area contributed by atoms with Crippen molar-refractivity contribution in [3.8, 4) is 0 Å². The molecule has 0 aromatic heterocycles. The molecule has 4 nitrogen and oxygen atoms in total. The van der Waals surface area contributed by atoms with Gasteiger partial charge in [-0.05, 0) is 25.1 Å². The van der Waals surface area contributed by atoms with Crippen molar-refractivity contribution >= 4 is 21.4 Å². The molecule has 1 unspecified atom stereocenters. The number of amides is 1. The van der Waals surface area contributed by atoms with Crippen molar-refractivity contribution in [2.45, 2.75) is 16.6 Å². The lowest BCUT2D eigenvalue weighted by atomic mass is 10.0. The van der Waals surface area contributed by atoms with Crippen LogP contribution in [0.25, 0.3) is 0 Å². The Kier molecular flexibility index (Phi) is 2.92. The van der Waals surface area contributed by atoms with Gasteiger partial charge in [0.05, 0.1) is 4.90 Å². The Balaban J connectivity index is 2.29. The van der Waals surface area contributed by atoms with E-state index in [1.165, 1.54) is 24.0 Å². The molecule has 5 heteroatoms. The highest BCUT2D eigenvalue weighted by atomic mass is 32.2. The molecule has 0 saturated heterocycles. The molecule has 1 aliphatic rings. The number of sulfone groups is 1. The number of anilines is 1. The number of carbonyl (C=O) groups excluding carboxylic acids is 1. The van der Waals surface area contributed by atoms with Crippen LogP contribution in [0.1, 0.15) is 12.5 Å². The zero-order chi connectivity index (χ0) is 15.3. The summed E-state index contributed by atoms with van der Waals surface area (Å²) in [5.41, 5.74) is 1.17. The molecule has 3 rings (SSSR count). The number of likely N-dealkylation sites (N-methyl/N-ethyl adjacent to an activating group) is 1. The van der Waals surface area contributed by atoms with Gasteiger partial charge in [-0.1, -0.05) is 36.4 Å². The molecule has 0 N–H and O–H groups in total. The fourth-order valence-electron chi connectivity index (χ4n) is 2.81. The van der Waals surface area contributed by atoms with Crippen LogP contribution in [-0.2, 0) is 19.4 Å². The van der Waals surface area contributed by atoms with E-state index in [0.29, 0.717) is 11.3 Å². The van der Waals surface area contributed by atoms with E-state index < -0.39 is 20.5 Å². The number of fused-ring (bicyclic) bond motifs is 1. The highest BCUT2D eigenvalue weighted by molar-refractivity contribution is 7.93. The van der Waals surface area contributed by atoms with Gasteiger partial charge in [0.25, 0.3) is 5.91 Å². The third kappa shape index (κ3) is 1.67. The topological polar surface area (TPSA) is 54.5 Å². The van der Waals surface area contributed by atoms with E-state index >= 15 is 0 Å². The second kappa shape index (κ2) is 4.43. The van der Waals surface area contributed by atoms with E-state index in [0.717, 1.165) is 0 Å². The molecule has 0 fully saturated rings. The maximum absolute atomic E-state index is 13.0. The zero-order valence-corrected chi connectivity index (χ0v) is 12.6. The third-order valence-corrected chi connectivity index (χ3v) is 6.45. The summed E-state index contributed by atoms with van der Waals surface area (Å²) in [6.07, 6.45) is 0. The van der Waals surface area contributed by atoms with E-state index in [4.69, 9.17) is 0 Å². The van der Waals surface area contributed by atoms with E-state index in [1.54, 1.807) is 49.5 Å². The Morgan fingerprint density at radius 2 is 1.52 bits per heavy atom. The van der Waals surface area contributed by atoms with Gasteiger partial charge in [-0.2, -0.15) is 0 Å². The molecule has 0 saturated carbocycles. The molecule has 1 heterocycles. The number of hydrogen-bond acceptors (Lipinski definition) is 3. The first-order valence-corrected chi connectivity index (χ1v) is 8.06. The molecule has 2 aromatic rings. The number of rotatable bonds is 2. The predicted molar refractivity (Wildman–Crippen MR) is 80.8 cm³/mol. The van der Waals surface area contributed by atoms with Crippen molar-refractivity contribution in [2.75, 3.05) is 11.9 Å². The quantitative estimate of drug-likeness (QED) is 0.855. The molecule has 0 aliphatic carbocycles. The van der Waals surface area contributed by atoms with Crippen molar-refractivity contribution in [3.05, 3.63) is 60.2 Å². The Morgan fingerprint density at radius 1 is 0.952 bits per heavy atom. The molecular weight excluding hydrogens is 286 g/mol. The first-order chi connectivity index (χ1) is 9.90. The minimum Gasteiger partial charge on any atom is -0.313 e. The van der Waals surface area contributed by atoms with Crippen LogP contribution in [-0.4, -0.2) is 21.4 Å². The van der Waals surface area contributed by atoms with Crippen LogP contribution < -0.4 is 4.90 Å². The van der Waals surface area contributed by atoms with Gasteiger partial charge < -0.3 is 4.90 Å². The number of para-hydroxylation sites is 1. The van der Waals surface area contributed by atoms with Crippen molar-refractivity contribution in [2.24, 2.45) is 0 Å². The molecule has 0 bridgehead atoms. The number of benzene rings is 2. The van der Waals surface area contributed by atoms with Crippen LogP contribution in [0.2, 0.25) is 0 Å². The lowest BCUT2D eigenvalue weighted by Crippen LogP contribution is -2.42. The smallest absolute Gasteiger partial charge is 0.252 e. The van der Waals surface area contributed by atoms with Crippen LogP contribution in [0.4, 0.5) is 5.69 Å². The van der Waals surface area contributed by atoms with Crippen molar-refractivity contribution in [1.82, 2.24) is 0 Å². The standard InChI is InChI=1S/C16H15NO3S/c1-16(21(19,20)12-8-4-3-5-9-12)13-10-6-7-11-14(13)17(2)15(16)18/h3-11H,1-2H3. The molecule has 0 spiro atoms. The van der Waals surface area contributed by atoms with E-state index in [9.17, 15) is 13.2 Å². The maximum Gasteiger partial charge on any atom is 0.252 e. The van der Waals surface area contributed by atoms with Gasteiger partial charge in [-0.25, -0.2) is 8.42 Å². The normalized spacial score (nSPS) is 21.4. The molecule has 1 aliphatic heterocycles. The molecule has 108 valence electrons. The van der Waals surface area contributed by atoms with Crippen molar-refractivity contribution in [1.29, 1.82) is 0 Å². The summed E-state index contributed by atoms with van der Waals surface area (Å²) in [5.74, 6) is -0.424. The molecule has 2 aromatic carbocycles. The molecule has 1 atom stereocenters. The first-order valence-electron chi connectivity index (χ1n) is 6.58. The van der Waals surface area contributed by atoms with Gasteiger partial charge in [-0.15, -0.1) is 0 Å². The van der Waals surface area contributed by atoms with Crippen LogP contribution in [0.15, 0.2) is 59.5 Å². The van der Waals surface area contributed by atoms with Crippen LogP contribution >= 0.6 is 0 Å². The molecule has 0 radical (unpaired) electrons. The lowest BCUT2D eigenvalue weighted by Gasteiger charge is -2.23.